The summed E-state index contributed by atoms with van der Waals surface area (Å²) in [6.07, 6.45) is 3.87. The van der Waals surface area contributed by atoms with Crippen LogP contribution in [-0.2, 0) is 16.9 Å². The van der Waals surface area contributed by atoms with Gasteiger partial charge in [0, 0.05) is 25.5 Å². The number of carbonyl (C=O) groups excluding carboxylic acids is 1. The van der Waals surface area contributed by atoms with E-state index in [9.17, 15) is 9.90 Å². The number of aliphatic hydroxyl groups is 1. The quantitative estimate of drug-likeness (QED) is 0.733. The Bertz CT molecular complexity index is 728. The van der Waals surface area contributed by atoms with Gasteiger partial charge in [-0.1, -0.05) is 60.7 Å². The monoisotopic (exact) mass is 320 g/mol. The predicted octanol–water partition coefficient (Wildman–Crippen LogP) is 2.54. The van der Waals surface area contributed by atoms with Crippen molar-refractivity contribution in [1.82, 2.24) is 9.88 Å². The third kappa shape index (κ3) is 3.24. The van der Waals surface area contributed by atoms with Crippen molar-refractivity contribution in [3.8, 4) is 0 Å². The minimum atomic E-state index is -1.71. The molecule has 3 rings (SSSR count). The first-order valence-corrected chi connectivity index (χ1v) is 7.94. The summed E-state index contributed by atoms with van der Waals surface area (Å²) in [6.45, 7) is 1.09. The van der Waals surface area contributed by atoms with Crippen LogP contribution in [0.5, 0.6) is 0 Å². The van der Waals surface area contributed by atoms with E-state index in [4.69, 9.17) is 0 Å². The van der Waals surface area contributed by atoms with Gasteiger partial charge in [-0.25, -0.2) is 0 Å². The van der Waals surface area contributed by atoms with Gasteiger partial charge < -0.3 is 15.0 Å². The lowest BCUT2D eigenvalue weighted by Crippen LogP contribution is -2.46. The molecule has 4 nitrogen and oxygen atoms in total. The molecule has 0 saturated heterocycles. The highest BCUT2D eigenvalue weighted by Crippen LogP contribution is 2.29. The molecule has 1 amide bonds. The number of hydrogen-bond acceptors (Lipinski definition) is 2. The van der Waals surface area contributed by atoms with Crippen LogP contribution in [0, 0.1) is 0 Å². The van der Waals surface area contributed by atoms with Gasteiger partial charge in [0.15, 0.2) is 5.60 Å². The van der Waals surface area contributed by atoms with Crippen LogP contribution in [0.3, 0.4) is 0 Å². The molecule has 0 fully saturated rings. The van der Waals surface area contributed by atoms with Crippen molar-refractivity contribution in [2.45, 2.75) is 12.1 Å². The van der Waals surface area contributed by atoms with Crippen molar-refractivity contribution in [3.05, 3.63) is 96.3 Å². The predicted molar refractivity (Wildman–Crippen MR) is 93.3 cm³/mol. The number of rotatable bonds is 6. The van der Waals surface area contributed by atoms with Crippen molar-refractivity contribution in [1.29, 1.82) is 0 Å². The first kappa shape index (κ1) is 16.0. The van der Waals surface area contributed by atoms with Crippen molar-refractivity contribution in [2.75, 3.05) is 6.54 Å². The number of nitrogens with zero attached hydrogens (tertiary/aromatic N) is 1. The van der Waals surface area contributed by atoms with E-state index >= 15 is 0 Å². The summed E-state index contributed by atoms with van der Waals surface area (Å²) in [4.78, 5) is 12.8. The van der Waals surface area contributed by atoms with Crippen molar-refractivity contribution in [2.24, 2.45) is 0 Å². The SMILES string of the molecule is O=C(NCCn1cccc1)C(O)(c1ccccc1)c1ccccc1. The van der Waals surface area contributed by atoms with E-state index in [0.29, 0.717) is 24.2 Å². The Kier molecular flexibility index (Phi) is 4.77. The molecule has 0 atom stereocenters. The van der Waals surface area contributed by atoms with Crippen LogP contribution in [0.25, 0.3) is 0 Å². The number of aromatic nitrogens is 1. The number of carbonyl (C=O) groups is 1. The Balaban J connectivity index is 1.83. The van der Waals surface area contributed by atoms with Crippen LogP contribution in [0.1, 0.15) is 11.1 Å². The number of amides is 1. The van der Waals surface area contributed by atoms with Gasteiger partial charge in [-0.15, -0.1) is 0 Å². The molecule has 0 bridgehead atoms. The lowest BCUT2D eigenvalue weighted by molar-refractivity contribution is -0.136. The molecule has 0 aliphatic carbocycles. The molecule has 4 heteroatoms. The molecule has 24 heavy (non-hydrogen) atoms. The molecule has 2 aromatic carbocycles. The van der Waals surface area contributed by atoms with E-state index in [1.807, 2.05) is 65.5 Å². The third-order valence-electron chi connectivity index (χ3n) is 4.03. The van der Waals surface area contributed by atoms with E-state index in [-0.39, 0.29) is 0 Å². The Hall–Kier alpha value is -2.85. The largest absolute Gasteiger partial charge is 0.372 e. The number of nitrogens with one attached hydrogen (secondary N) is 1. The summed E-state index contributed by atoms with van der Waals surface area (Å²) in [7, 11) is 0. The maximum absolute atomic E-state index is 12.8. The van der Waals surface area contributed by atoms with Gasteiger partial charge in [0.25, 0.3) is 5.91 Å². The van der Waals surface area contributed by atoms with E-state index < -0.39 is 11.5 Å². The minimum absolute atomic E-state index is 0.424. The van der Waals surface area contributed by atoms with Crippen molar-refractivity contribution >= 4 is 5.91 Å². The van der Waals surface area contributed by atoms with Crippen LogP contribution in [0.2, 0.25) is 0 Å². The molecule has 1 aromatic heterocycles. The summed E-state index contributed by atoms with van der Waals surface area (Å²) in [5, 5.41) is 14.1. The summed E-state index contributed by atoms with van der Waals surface area (Å²) in [5.74, 6) is -0.424. The van der Waals surface area contributed by atoms with Crippen LogP contribution in [0.15, 0.2) is 85.2 Å². The average molecular weight is 320 g/mol. The molecule has 0 saturated carbocycles. The van der Waals surface area contributed by atoms with Gasteiger partial charge in [-0.3, -0.25) is 4.79 Å². The fourth-order valence-corrected chi connectivity index (χ4v) is 2.73. The van der Waals surface area contributed by atoms with Gasteiger partial charge in [-0.05, 0) is 23.3 Å². The summed E-state index contributed by atoms with van der Waals surface area (Å²) < 4.78 is 1.98. The molecule has 0 spiro atoms. The van der Waals surface area contributed by atoms with Gasteiger partial charge in [0.05, 0.1) is 0 Å². The van der Waals surface area contributed by atoms with E-state index in [0.717, 1.165) is 0 Å². The smallest absolute Gasteiger partial charge is 0.261 e. The van der Waals surface area contributed by atoms with Gasteiger partial charge >= 0.3 is 0 Å². The van der Waals surface area contributed by atoms with E-state index in [1.165, 1.54) is 0 Å². The molecule has 0 aliphatic heterocycles. The van der Waals surface area contributed by atoms with Gasteiger partial charge in [0.2, 0.25) is 0 Å². The fourth-order valence-electron chi connectivity index (χ4n) is 2.73. The average Bonchev–Trinajstić information content (AvgIpc) is 3.16. The second kappa shape index (κ2) is 7.15. The lowest BCUT2D eigenvalue weighted by atomic mass is 9.85. The molecule has 1 heterocycles. The Labute approximate surface area is 141 Å². The van der Waals surface area contributed by atoms with Gasteiger partial charge in [0.1, 0.15) is 0 Å². The van der Waals surface area contributed by atoms with E-state index in [1.54, 1.807) is 24.3 Å². The molecular formula is C20H20N2O2. The zero-order chi connectivity index (χ0) is 16.8. The van der Waals surface area contributed by atoms with Crippen LogP contribution >= 0.6 is 0 Å². The minimum Gasteiger partial charge on any atom is -0.372 e. The Morgan fingerprint density at radius 2 is 1.38 bits per heavy atom. The maximum Gasteiger partial charge on any atom is 0.261 e. The summed E-state index contributed by atoms with van der Waals surface area (Å²) in [6, 6.07) is 21.9. The molecular weight excluding hydrogens is 300 g/mol. The molecule has 3 aromatic rings. The van der Waals surface area contributed by atoms with E-state index in [2.05, 4.69) is 5.32 Å². The first-order valence-electron chi connectivity index (χ1n) is 7.94. The highest BCUT2D eigenvalue weighted by Gasteiger charge is 2.39. The van der Waals surface area contributed by atoms with Crippen LogP contribution < -0.4 is 5.32 Å². The Morgan fingerprint density at radius 3 is 1.88 bits per heavy atom. The summed E-state index contributed by atoms with van der Waals surface area (Å²) >= 11 is 0. The maximum atomic E-state index is 12.8. The van der Waals surface area contributed by atoms with Crippen LogP contribution in [0.4, 0.5) is 0 Å². The first-order chi connectivity index (χ1) is 11.7. The normalized spacial score (nSPS) is 11.2. The third-order valence-corrected chi connectivity index (χ3v) is 4.03. The lowest BCUT2D eigenvalue weighted by Gasteiger charge is -2.28. The highest BCUT2D eigenvalue weighted by atomic mass is 16.3. The molecule has 0 unspecified atom stereocenters. The molecule has 122 valence electrons. The number of benzene rings is 2. The topological polar surface area (TPSA) is 54.3 Å². The molecule has 0 radical (unpaired) electrons. The van der Waals surface area contributed by atoms with Crippen molar-refractivity contribution in [3.63, 3.8) is 0 Å². The van der Waals surface area contributed by atoms with Crippen molar-refractivity contribution < 1.29 is 9.90 Å². The Morgan fingerprint density at radius 1 is 0.875 bits per heavy atom. The van der Waals surface area contributed by atoms with Crippen LogP contribution in [-0.4, -0.2) is 22.1 Å². The summed E-state index contributed by atoms with van der Waals surface area (Å²) in [5.41, 5.74) is -0.608. The highest BCUT2D eigenvalue weighted by molar-refractivity contribution is 5.90. The second-order valence-corrected chi connectivity index (χ2v) is 5.62. The second-order valence-electron chi connectivity index (χ2n) is 5.62. The molecule has 0 aliphatic rings. The zero-order valence-corrected chi connectivity index (χ0v) is 13.3. The number of hydrogen-bond donors (Lipinski definition) is 2. The standard InChI is InChI=1S/C20H20N2O2/c23-19(21-13-16-22-14-7-8-15-22)20(24,17-9-3-1-4-10-17)18-11-5-2-6-12-18/h1-12,14-15,24H,13,16H2,(H,21,23). The fraction of sp³-hybridized carbons (Fsp3) is 0.150. The molecule has 2 N–H and O–H groups in total. The zero-order valence-electron chi connectivity index (χ0n) is 13.3. The van der Waals surface area contributed by atoms with Gasteiger partial charge in [-0.2, -0.15) is 0 Å².